The predicted octanol–water partition coefficient (Wildman–Crippen LogP) is 11.2. The molecule has 1 aliphatic carbocycles. The minimum Gasteiger partial charge on any atom is -0.318 e. The van der Waals surface area contributed by atoms with Crippen LogP contribution in [0.25, 0.3) is 16.8 Å². The first kappa shape index (κ1) is 26.9. The van der Waals surface area contributed by atoms with Crippen molar-refractivity contribution in [1.82, 2.24) is 4.57 Å². The number of rotatable bonds is 5. The molecule has 0 fully saturated rings. The highest BCUT2D eigenvalue weighted by Gasteiger charge is 2.28. The van der Waals surface area contributed by atoms with Crippen molar-refractivity contribution in [3.8, 4) is 16.8 Å². The molecule has 40 heavy (non-hydrogen) atoms. The molecule has 6 rings (SSSR count). The summed E-state index contributed by atoms with van der Waals surface area (Å²) in [5.41, 5.74) is 11.0. The second-order valence-corrected chi connectivity index (χ2v) is 12.9. The SMILES string of the molecule is CC(C)(C)c1cc(Br)c(Cl)c(N(c2ccccc2)c2cn(-c3cccc(-c4ccccc4)c3)c3c2CCCC3)c1. The predicted molar refractivity (Wildman–Crippen MR) is 174 cm³/mol. The zero-order valence-corrected chi connectivity index (χ0v) is 25.6. The van der Waals surface area contributed by atoms with Crippen LogP contribution in [0.2, 0.25) is 5.02 Å². The lowest BCUT2D eigenvalue weighted by Gasteiger charge is -2.30. The normalized spacial score (nSPS) is 13.2. The summed E-state index contributed by atoms with van der Waals surface area (Å²) in [5, 5.41) is 0.722. The van der Waals surface area contributed by atoms with E-state index in [0.29, 0.717) is 0 Å². The number of hydrogen-bond acceptors (Lipinski definition) is 1. The summed E-state index contributed by atoms with van der Waals surface area (Å²) in [6.45, 7) is 6.74. The quantitative estimate of drug-likeness (QED) is 0.192. The van der Waals surface area contributed by atoms with Gasteiger partial charge >= 0.3 is 0 Å². The fourth-order valence-corrected chi connectivity index (χ4v) is 6.40. The molecular formula is C36H34BrClN2. The molecule has 0 saturated carbocycles. The molecule has 0 spiro atoms. The molecule has 0 N–H and O–H groups in total. The van der Waals surface area contributed by atoms with Gasteiger partial charge in [-0.05, 0) is 106 Å². The molecule has 0 radical (unpaired) electrons. The van der Waals surface area contributed by atoms with Crippen molar-refractivity contribution in [1.29, 1.82) is 0 Å². The third-order valence-corrected chi connectivity index (χ3v) is 9.14. The van der Waals surface area contributed by atoms with Crippen molar-refractivity contribution in [3.63, 3.8) is 0 Å². The van der Waals surface area contributed by atoms with E-state index >= 15 is 0 Å². The third kappa shape index (κ3) is 5.13. The van der Waals surface area contributed by atoms with Crippen molar-refractivity contribution in [2.75, 3.05) is 4.90 Å². The van der Waals surface area contributed by atoms with Gasteiger partial charge in [-0.25, -0.2) is 0 Å². The van der Waals surface area contributed by atoms with Gasteiger partial charge in [-0.15, -0.1) is 0 Å². The molecule has 1 aromatic heterocycles. The van der Waals surface area contributed by atoms with Crippen molar-refractivity contribution in [2.24, 2.45) is 0 Å². The lowest BCUT2D eigenvalue weighted by Crippen LogP contribution is -2.16. The largest absolute Gasteiger partial charge is 0.318 e. The summed E-state index contributed by atoms with van der Waals surface area (Å²) in [7, 11) is 0. The first-order valence-corrected chi connectivity index (χ1v) is 15.2. The number of anilines is 3. The highest BCUT2D eigenvalue weighted by Crippen LogP contribution is 2.47. The first-order chi connectivity index (χ1) is 19.3. The van der Waals surface area contributed by atoms with Gasteiger partial charge in [0.2, 0.25) is 0 Å². The molecule has 4 aromatic carbocycles. The third-order valence-electron chi connectivity index (χ3n) is 7.89. The Hall–Kier alpha value is -3.27. The van der Waals surface area contributed by atoms with Gasteiger partial charge in [-0.2, -0.15) is 0 Å². The first-order valence-electron chi connectivity index (χ1n) is 14.0. The Morgan fingerprint density at radius 2 is 1.43 bits per heavy atom. The van der Waals surface area contributed by atoms with Gasteiger partial charge in [-0.3, -0.25) is 0 Å². The Kier molecular flexibility index (Phi) is 7.37. The Balaban J connectivity index is 1.57. The smallest absolute Gasteiger partial charge is 0.0788 e. The molecule has 0 saturated heterocycles. The van der Waals surface area contributed by atoms with Crippen LogP contribution in [0.15, 0.2) is 108 Å². The summed E-state index contributed by atoms with van der Waals surface area (Å²) in [4.78, 5) is 2.37. The maximum Gasteiger partial charge on any atom is 0.0788 e. The van der Waals surface area contributed by atoms with E-state index in [9.17, 15) is 0 Å². The monoisotopic (exact) mass is 608 g/mol. The highest BCUT2D eigenvalue weighted by atomic mass is 79.9. The Morgan fingerprint density at radius 1 is 0.750 bits per heavy atom. The summed E-state index contributed by atoms with van der Waals surface area (Å²) < 4.78 is 3.34. The summed E-state index contributed by atoms with van der Waals surface area (Å²) in [6, 6.07) is 34.6. The molecule has 0 atom stereocenters. The van der Waals surface area contributed by atoms with Gasteiger partial charge in [0.05, 0.1) is 16.4 Å². The lowest BCUT2D eigenvalue weighted by molar-refractivity contribution is 0.590. The Labute approximate surface area is 251 Å². The molecule has 0 bridgehead atoms. The van der Waals surface area contributed by atoms with E-state index in [-0.39, 0.29) is 5.41 Å². The number of nitrogens with zero attached hydrogens (tertiary/aromatic N) is 2. The number of hydrogen-bond donors (Lipinski definition) is 0. The van der Waals surface area contributed by atoms with Crippen LogP contribution in [0.4, 0.5) is 17.1 Å². The molecule has 2 nitrogen and oxygen atoms in total. The van der Waals surface area contributed by atoms with Gasteiger partial charge < -0.3 is 9.47 Å². The molecule has 1 heterocycles. The van der Waals surface area contributed by atoms with E-state index in [4.69, 9.17) is 11.6 Å². The number of fused-ring (bicyclic) bond motifs is 1. The van der Waals surface area contributed by atoms with Crippen LogP contribution in [0.3, 0.4) is 0 Å². The number of halogens is 2. The summed E-state index contributed by atoms with van der Waals surface area (Å²) in [5.74, 6) is 0. The van der Waals surface area contributed by atoms with E-state index in [2.05, 4.69) is 149 Å². The van der Waals surface area contributed by atoms with Gasteiger partial charge in [0.25, 0.3) is 0 Å². The number of benzene rings is 4. The van der Waals surface area contributed by atoms with E-state index in [1.165, 1.54) is 52.2 Å². The van der Waals surface area contributed by atoms with Crippen molar-refractivity contribution in [3.05, 3.63) is 130 Å². The minimum absolute atomic E-state index is 0.0204. The average Bonchev–Trinajstić information content (AvgIpc) is 3.35. The molecule has 0 amide bonds. The van der Waals surface area contributed by atoms with Crippen molar-refractivity contribution >= 4 is 44.6 Å². The number of aromatic nitrogens is 1. The van der Waals surface area contributed by atoms with Gasteiger partial charge in [-0.1, -0.05) is 93.0 Å². The Morgan fingerprint density at radius 3 is 2.15 bits per heavy atom. The maximum absolute atomic E-state index is 7.11. The maximum atomic E-state index is 7.11. The van der Waals surface area contributed by atoms with Crippen LogP contribution in [-0.2, 0) is 18.3 Å². The van der Waals surface area contributed by atoms with Crippen LogP contribution in [0, 0.1) is 0 Å². The van der Waals surface area contributed by atoms with Crippen LogP contribution in [-0.4, -0.2) is 4.57 Å². The summed E-state index contributed by atoms with van der Waals surface area (Å²) in [6.07, 6.45) is 6.84. The summed E-state index contributed by atoms with van der Waals surface area (Å²) >= 11 is 10.9. The highest BCUT2D eigenvalue weighted by molar-refractivity contribution is 9.10. The molecule has 1 aliphatic rings. The van der Waals surface area contributed by atoms with Crippen molar-refractivity contribution in [2.45, 2.75) is 51.9 Å². The lowest BCUT2D eigenvalue weighted by atomic mass is 9.86. The second-order valence-electron chi connectivity index (χ2n) is 11.6. The zero-order valence-electron chi connectivity index (χ0n) is 23.3. The molecule has 0 aliphatic heterocycles. The van der Waals surface area contributed by atoms with E-state index in [1.54, 1.807) is 0 Å². The van der Waals surface area contributed by atoms with E-state index in [0.717, 1.165) is 33.7 Å². The molecule has 202 valence electrons. The molecule has 4 heteroatoms. The minimum atomic E-state index is -0.0204. The van der Waals surface area contributed by atoms with E-state index < -0.39 is 0 Å². The Bertz CT molecular complexity index is 1650. The van der Waals surface area contributed by atoms with Gasteiger partial charge in [0, 0.05) is 27.7 Å². The van der Waals surface area contributed by atoms with Crippen molar-refractivity contribution < 1.29 is 0 Å². The fraction of sp³-hybridized carbons (Fsp3) is 0.222. The second kappa shape index (κ2) is 11.0. The van der Waals surface area contributed by atoms with Crippen LogP contribution in [0.1, 0.15) is 50.4 Å². The van der Waals surface area contributed by atoms with Crippen LogP contribution < -0.4 is 4.90 Å². The fourth-order valence-electron chi connectivity index (χ4n) is 5.75. The molecule has 0 unspecified atom stereocenters. The molecular weight excluding hydrogens is 576 g/mol. The molecule has 5 aromatic rings. The van der Waals surface area contributed by atoms with Crippen LogP contribution >= 0.6 is 27.5 Å². The average molecular weight is 610 g/mol. The van der Waals surface area contributed by atoms with Gasteiger partial charge in [0.1, 0.15) is 0 Å². The topological polar surface area (TPSA) is 8.17 Å². The van der Waals surface area contributed by atoms with E-state index in [1.807, 2.05) is 0 Å². The van der Waals surface area contributed by atoms with Crippen LogP contribution in [0.5, 0.6) is 0 Å². The standard InChI is InChI=1S/C36H34BrClN2/c1-36(2,3)27-22-31(37)35(38)33(23-27)40(28-16-8-5-9-17-28)34-24-39(32-20-11-10-19-30(32)34)29-18-12-15-26(21-29)25-13-6-4-7-14-25/h4-9,12-18,21-24H,10-11,19-20H2,1-3H3. The van der Waals surface area contributed by atoms with Gasteiger partial charge in [0.15, 0.2) is 0 Å². The number of para-hydroxylation sites is 1. The zero-order chi connectivity index (χ0) is 27.9.